The standard InChI is InChI=1S/C13H21N3O3/c1-9-7-11(16-10(2)15-9)12(18)14-8-13(3,19)5-4-6-17/h7,17,19H,4-6,8H2,1-3H3,(H,14,18). The van der Waals surface area contributed by atoms with Crippen LogP contribution in [0.2, 0.25) is 0 Å². The van der Waals surface area contributed by atoms with E-state index in [1.807, 2.05) is 0 Å². The number of hydrogen-bond acceptors (Lipinski definition) is 5. The van der Waals surface area contributed by atoms with E-state index in [2.05, 4.69) is 15.3 Å². The molecule has 1 unspecified atom stereocenters. The zero-order valence-corrected chi connectivity index (χ0v) is 11.6. The van der Waals surface area contributed by atoms with Crippen molar-refractivity contribution in [1.82, 2.24) is 15.3 Å². The van der Waals surface area contributed by atoms with Crippen LogP contribution in [0.25, 0.3) is 0 Å². The molecular weight excluding hydrogens is 246 g/mol. The predicted molar refractivity (Wildman–Crippen MR) is 70.8 cm³/mol. The van der Waals surface area contributed by atoms with Crippen molar-refractivity contribution in [3.63, 3.8) is 0 Å². The van der Waals surface area contributed by atoms with Crippen LogP contribution in [0.15, 0.2) is 6.07 Å². The number of carbonyl (C=O) groups excluding carboxylic acids is 1. The Morgan fingerprint density at radius 1 is 1.42 bits per heavy atom. The third kappa shape index (κ3) is 5.32. The second kappa shape index (κ2) is 6.58. The Bertz CT molecular complexity index is 427. The molecule has 0 aliphatic carbocycles. The van der Waals surface area contributed by atoms with Gasteiger partial charge >= 0.3 is 0 Å². The van der Waals surface area contributed by atoms with Gasteiger partial charge in [0.1, 0.15) is 11.5 Å². The van der Waals surface area contributed by atoms with Crippen LogP contribution in [0.3, 0.4) is 0 Å². The first-order chi connectivity index (χ1) is 8.84. The molecule has 1 aromatic heterocycles. The lowest BCUT2D eigenvalue weighted by Crippen LogP contribution is -2.41. The molecule has 0 bridgehead atoms. The van der Waals surface area contributed by atoms with Gasteiger partial charge in [0.25, 0.3) is 5.91 Å². The summed E-state index contributed by atoms with van der Waals surface area (Å²) in [6.45, 7) is 5.28. The third-order valence-electron chi connectivity index (χ3n) is 2.70. The molecule has 1 amide bonds. The molecule has 106 valence electrons. The van der Waals surface area contributed by atoms with Crippen molar-refractivity contribution >= 4 is 5.91 Å². The number of nitrogens with one attached hydrogen (secondary N) is 1. The molecule has 0 spiro atoms. The fraction of sp³-hybridized carbons (Fsp3) is 0.615. The normalized spacial score (nSPS) is 13.9. The number of hydrogen-bond donors (Lipinski definition) is 3. The van der Waals surface area contributed by atoms with E-state index >= 15 is 0 Å². The first kappa shape index (κ1) is 15.5. The summed E-state index contributed by atoms with van der Waals surface area (Å²) in [7, 11) is 0. The molecule has 0 fully saturated rings. The molecule has 0 aromatic carbocycles. The fourth-order valence-corrected chi connectivity index (χ4v) is 1.74. The van der Waals surface area contributed by atoms with E-state index in [-0.39, 0.29) is 19.1 Å². The second-order valence-corrected chi connectivity index (χ2v) is 4.95. The van der Waals surface area contributed by atoms with E-state index in [0.717, 1.165) is 5.69 Å². The maximum atomic E-state index is 11.9. The molecule has 0 aliphatic rings. The summed E-state index contributed by atoms with van der Waals surface area (Å²) in [5, 5.41) is 21.4. The average molecular weight is 267 g/mol. The van der Waals surface area contributed by atoms with Crippen molar-refractivity contribution in [1.29, 1.82) is 0 Å². The molecule has 6 heteroatoms. The zero-order valence-electron chi connectivity index (χ0n) is 11.6. The zero-order chi connectivity index (χ0) is 14.5. The molecule has 0 saturated carbocycles. The quantitative estimate of drug-likeness (QED) is 0.691. The third-order valence-corrected chi connectivity index (χ3v) is 2.70. The molecule has 1 rings (SSSR count). The van der Waals surface area contributed by atoms with Crippen LogP contribution in [0.1, 0.15) is 41.8 Å². The van der Waals surface area contributed by atoms with E-state index in [1.54, 1.807) is 26.8 Å². The molecular formula is C13H21N3O3. The van der Waals surface area contributed by atoms with Crippen LogP contribution in [0.5, 0.6) is 0 Å². The Morgan fingerprint density at radius 2 is 2.11 bits per heavy atom. The van der Waals surface area contributed by atoms with Gasteiger partial charge in [0.15, 0.2) is 0 Å². The van der Waals surface area contributed by atoms with Gasteiger partial charge in [-0.25, -0.2) is 9.97 Å². The highest BCUT2D eigenvalue weighted by atomic mass is 16.3. The lowest BCUT2D eigenvalue weighted by Gasteiger charge is -2.23. The van der Waals surface area contributed by atoms with E-state index in [0.29, 0.717) is 24.4 Å². The first-order valence-corrected chi connectivity index (χ1v) is 6.28. The minimum Gasteiger partial charge on any atom is -0.396 e. The Labute approximate surface area is 112 Å². The first-order valence-electron chi connectivity index (χ1n) is 6.28. The summed E-state index contributed by atoms with van der Waals surface area (Å²) in [6.07, 6.45) is 0.917. The van der Waals surface area contributed by atoms with Gasteiger partial charge < -0.3 is 15.5 Å². The van der Waals surface area contributed by atoms with Crippen LogP contribution in [-0.4, -0.2) is 44.8 Å². The number of aromatic nitrogens is 2. The minimum absolute atomic E-state index is 0.0222. The number of amides is 1. The summed E-state index contributed by atoms with van der Waals surface area (Å²) >= 11 is 0. The predicted octanol–water partition coefficient (Wildman–Crippen LogP) is 0.347. The fourth-order valence-electron chi connectivity index (χ4n) is 1.74. The summed E-state index contributed by atoms with van der Waals surface area (Å²) in [5.74, 6) is 0.204. The average Bonchev–Trinajstić information content (AvgIpc) is 2.32. The van der Waals surface area contributed by atoms with Crippen molar-refractivity contribution in [2.45, 2.75) is 39.2 Å². The van der Waals surface area contributed by atoms with Gasteiger partial charge in [-0.3, -0.25) is 4.79 Å². The summed E-state index contributed by atoms with van der Waals surface area (Å²) in [4.78, 5) is 20.1. The lowest BCUT2D eigenvalue weighted by molar-refractivity contribution is 0.0414. The molecule has 19 heavy (non-hydrogen) atoms. The Balaban J connectivity index is 2.60. The summed E-state index contributed by atoms with van der Waals surface area (Å²) < 4.78 is 0. The van der Waals surface area contributed by atoms with Crippen molar-refractivity contribution in [2.75, 3.05) is 13.2 Å². The molecule has 3 N–H and O–H groups in total. The summed E-state index contributed by atoms with van der Waals surface area (Å²) in [5.41, 5.74) is -0.0113. The van der Waals surface area contributed by atoms with E-state index in [9.17, 15) is 9.90 Å². The number of aliphatic hydroxyl groups is 2. The second-order valence-electron chi connectivity index (χ2n) is 4.95. The Kier molecular flexibility index (Phi) is 5.38. The highest BCUT2D eigenvalue weighted by Crippen LogP contribution is 2.10. The van der Waals surface area contributed by atoms with Crippen molar-refractivity contribution < 1.29 is 15.0 Å². The smallest absolute Gasteiger partial charge is 0.270 e. The highest BCUT2D eigenvalue weighted by molar-refractivity contribution is 5.92. The number of carbonyl (C=O) groups is 1. The van der Waals surface area contributed by atoms with Crippen molar-refractivity contribution in [3.8, 4) is 0 Å². The Hall–Kier alpha value is -1.53. The molecule has 0 aliphatic heterocycles. The number of nitrogens with zero attached hydrogens (tertiary/aromatic N) is 2. The maximum absolute atomic E-state index is 11.9. The maximum Gasteiger partial charge on any atom is 0.270 e. The minimum atomic E-state index is -1.03. The van der Waals surface area contributed by atoms with Gasteiger partial charge in [-0.1, -0.05) is 0 Å². The van der Waals surface area contributed by atoms with Gasteiger partial charge in [-0.2, -0.15) is 0 Å². The van der Waals surface area contributed by atoms with Crippen LogP contribution in [-0.2, 0) is 0 Å². The molecule has 1 aromatic rings. The van der Waals surface area contributed by atoms with Gasteiger partial charge in [-0.05, 0) is 39.7 Å². The van der Waals surface area contributed by atoms with Gasteiger partial charge in [-0.15, -0.1) is 0 Å². The molecule has 1 atom stereocenters. The van der Waals surface area contributed by atoms with Crippen molar-refractivity contribution in [3.05, 3.63) is 23.3 Å². The molecule has 1 heterocycles. The Morgan fingerprint density at radius 3 is 2.68 bits per heavy atom. The molecule has 0 radical (unpaired) electrons. The topological polar surface area (TPSA) is 95.3 Å². The largest absolute Gasteiger partial charge is 0.396 e. The summed E-state index contributed by atoms with van der Waals surface area (Å²) in [6, 6.07) is 1.60. The van der Waals surface area contributed by atoms with Crippen LogP contribution in [0.4, 0.5) is 0 Å². The van der Waals surface area contributed by atoms with E-state index < -0.39 is 5.60 Å². The number of rotatable bonds is 6. The van der Waals surface area contributed by atoms with E-state index in [4.69, 9.17) is 5.11 Å². The monoisotopic (exact) mass is 267 g/mol. The number of aliphatic hydroxyl groups excluding tert-OH is 1. The van der Waals surface area contributed by atoms with Crippen LogP contribution >= 0.6 is 0 Å². The number of aryl methyl sites for hydroxylation is 2. The van der Waals surface area contributed by atoms with E-state index in [1.165, 1.54) is 0 Å². The molecule has 6 nitrogen and oxygen atoms in total. The van der Waals surface area contributed by atoms with Gasteiger partial charge in [0, 0.05) is 18.8 Å². The van der Waals surface area contributed by atoms with Gasteiger partial charge in [0.05, 0.1) is 5.60 Å². The molecule has 0 saturated heterocycles. The van der Waals surface area contributed by atoms with Crippen molar-refractivity contribution in [2.24, 2.45) is 0 Å². The lowest BCUT2D eigenvalue weighted by atomic mass is 10.0. The SMILES string of the molecule is Cc1cc(C(=O)NCC(C)(O)CCCO)nc(C)n1. The highest BCUT2D eigenvalue weighted by Gasteiger charge is 2.21. The van der Waals surface area contributed by atoms with Crippen LogP contribution < -0.4 is 5.32 Å². The van der Waals surface area contributed by atoms with Gasteiger partial charge in [0.2, 0.25) is 0 Å². The van der Waals surface area contributed by atoms with Crippen LogP contribution in [0, 0.1) is 13.8 Å².